The Kier molecular flexibility index (Phi) is 7.44. The summed E-state index contributed by atoms with van der Waals surface area (Å²) in [6.07, 6.45) is 1.26. The van der Waals surface area contributed by atoms with Crippen molar-refractivity contribution in [3.63, 3.8) is 0 Å². The number of anilines is 1. The first-order chi connectivity index (χ1) is 11.8. The summed E-state index contributed by atoms with van der Waals surface area (Å²) < 4.78 is 5.00. The van der Waals surface area contributed by atoms with Crippen molar-refractivity contribution in [2.45, 2.75) is 33.6 Å². The first-order valence-corrected chi connectivity index (χ1v) is 7.71. The lowest BCUT2D eigenvalue weighted by Crippen LogP contribution is -2.25. The van der Waals surface area contributed by atoms with Crippen LogP contribution in [0.1, 0.15) is 33.6 Å². The zero-order valence-electron chi connectivity index (χ0n) is 14.2. The van der Waals surface area contributed by atoms with Crippen molar-refractivity contribution >= 4 is 28.7 Å². The normalized spacial score (nSPS) is 12.4. The van der Waals surface area contributed by atoms with E-state index in [0.29, 0.717) is 12.1 Å². The number of carbonyl (C=O) groups is 1. The van der Waals surface area contributed by atoms with Crippen LogP contribution in [0.15, 0.2) is 23.3 Å². The topological polar surface area (TPSA) is 137 Å². The molecule has 25 heavy (non-hydrogen) atoms. The number of ether oxygens (including phenoxy) is 1. The van der Waals surface area contributed by atoms with Crippen LogP contribution in [0, 0.1) is 26.1 Å². The highest BCUT2D eigenvalue weighted by Gasteiger charge is 2.23. The SMILES string of the molecule is CCC[C@H](C(=O)OCC)/C(C)=N/Nc1ccc([N+](=O)[O-])cc1[N+](=O)[O-]. The predicted octanol–water partition coefficient (Wildman–Crippen LogP) is 3.27. The average Bonchev–Trinajstić information content (AvgIpc) is 2.57. The number of carbonyl (C=O) groups excluding carboxylic acids is 1. The van der Waals surface area contributed by atoms with Gasteiger partial charge in [0.25, 0.3) is 5.69 Å². The Balaban J connectivity index is 3.07. The van der Waals surface area contributed by atoms with Crippen molar-refractivity contribution in [3.8, 4) is 0 Å². The van der Waals surface area contributed by atoms with Crippen LogP contribution in [0.2, 0.25) is 0 Å². The second kappa shape index (κ2) is 9.30. The highest BCUT2D eigenvalue weighted by atomic mass is 16.6. The summed E-state index contributed by atoms with van der Waals surface area (Å²) >= 11 is 0. The van der Waals surface area contributed by atoms with Gasteiger partial charge in [0, 0.05) is 11.8 Å². The summed E-state index contributed by atoms with van der Waals surface area (Å²) in [6, 6.07) is 3.18. The van der Waals surface area contributed by atoms with E-state index >= 15 is 0 Å². The Morgan fingerprint density at radius 2 is 1.96 bits per heavy atom. The molecular weight excluding hydrogens is 332 g/mol. The molecule has 0 bridgehead atoms. The lowest BCUT2D eigenvalue weighted by atomic mass is 9.99. The van der Waals surface area contributed by atoms with Crippen LogP contribution in [0.4, 0.5) is 17.1 Å². The molecule has 0 heterocycles. The fourth-order valence-electron chi connectivity index (χ4n) is 2.13. The van der Waals surface area contributed by atoms with E-state index in [-0.39, 0.29) is 12.3 Å². The Bertz CT molecular complexity index is 689. The number of nitrogens with one attached hydrogen (secondary N) is 1. The number of hydrazone groups is 1. The third-order valence-corrected chi connectivity index (χ3v) is 3.39. The van der Waals surface area contributed by atoms with Crippen molar-refractivity contribution in [3.05, 3.63) is 38.4 Å². The Hall–Kier alpha value is -3.04. The minimum Gasteiger partial charge on any atom is -0.465 e. The van der Waals surface area contributed by atoms with Gasteiger partial charge >= 0.3 is 11.7 Å². The molecule has 0 aliphatic heterocycles. The summed E-state index contributed by atoms with van der Waals surface area (Å²) in [5, 5.41) is 25.9. The maximum atomic E-state index is 12.0. The van der Waals surface area contributed by atoms with Gasteiger partial charge < -0.3 is 4.74 Å². The van der Waals surface area contributed by atoms with Gasteiger partial charge in [-0.15, -0.1) is 0 Å². The number of nitrogens with zero attached hydrogens (tertiary/aromatic N) is 3. The molecule has 1 rings (SSSR count). The monoisotopic (exact) mass is 352 g/mol. The molecule has 0 aliphatic rings. The summed E-state index contributed by atoms with van der Waals surface area (Å²) in [5.41, 5.74) is 2.04. The van der Waals surface area contributed by atoms with E-state index in [0.717, 1.165) is 18.6 Å². The van der Waals surface area contributed by atoms with Crippen LogP contribution < -0.4 is 5.43 Å². The van der Waals surface area contributed by atoms with Gasteiger partial charge in [-0.1, -0.05) is 13.3 Å². The molecule has 0 amide bonds. The van der Waals surface area contributed by atoms with Gasteiger partial charge in [0.05, 0.1) is 28.4 Å². The fourth-order valence-corrected chi connectivity index (χ4v) is 2.13. The predicted molar refractivity (Wildman–Crippen MR) is 91.5 cm³/mol. The number of nitro groups is 2. The Morgan fingerprint density at radius 1 is 1.28 bits per heavy atom. The van der Waals surface area contributed by atoms with Crippen molar-refractivity contribution in [1.82, 2.24) is 0 Å². The van der Waals surface area contributed by atoms with E-state index < -0.39 is 33.1 Å². The number of nitro benzene ring substituents is 2. The van der Waals surface area contributed by atoms with Gasteiger partial charge in [-0.25, -0.2) is 0 Å². The third-order valence-electron chi connectivity index (χ3n) is 3.39. The van der Waals surface area contributed by atoms with Crippen molar-refractivity contribution in [2.24, 2.45) is 11.0 Å². The molecule has 1 aromatic carbocycles. The Labute approximate surface area is 144 Å². The number of esters is 1. The van der Waals surface area contributed by atoms with Gasteiger partial charge in [0.2, 0.25) is 0 Å². The van der Waals surface area contributed by atoms with Crippen molar-refractivity contribution in [1.29, 1.82) is 0 Å². The molecule has 0 saturated heterocycles. The first kappa shape index (κ1) is 20.0. The lowest BCUT2D eigenvalue weighted by Gasteiger charge is -2.14. The quantitative estimate of drug-likeness (QED) is 0.311. The van der Waals surface area contributed by atoms with E-state index in [1.807, 2.05) is 6.92 Å². The molecule has 10 nitrogen and oxygen atoms in total. The van der Waals surface area contributed by atoms with Crippen LogP contribution in [0.3, 0.4) is 0 Å². The number of hydrogen-bond acceptors (Lipinski definition) is 8. The molecule has 136 valence electrons. The first-order valence-electron chi connectivity index (χ1n) is 7.71. The van der Waals surface area contributed by atoms with E-state index in [2.05, 4.69) is 10.5 Å². The minimum atomic E-state index is -0.741. The second-order valence-corrected chi connectivity index (χ2v) is 5.17. The fraction of sp³-hybridized carbons (Fsp3) is 0.467. The Morgan fingerprint density at radius 3 is 2.48 bits per heavy atom. The molecule has 10 heteroatoms. The molecule has 0 aromatic heterocycles. The summed E-state index contributed by atoms with van der Waals surface area (Å²) in [5.74, 6) is -0.972. The lowest BCUT2D eigenvalue weighted by molar-refractivity contribution is -0.393. The summed E-state index contributed by atoms with van der Waals surface area (Å²) in [6.45, 7) is 5.47. The average molecular weight is 352 g/mol. The van der Waals surface area contributed by atoms with Crippen LogP contribution in [0.25, 0.3) is 0 Å². The third kappa shape index (κ3) is 5.52. The highest BCUT2D eigenvalue weighted by Crippen LogP contribution is 2.29. The molecule has 1 atom stereocenters. The highest BCUT2D eigenvalue weighted by molar-refractivity contribution is 6.01. The second-order valence-electron chi connectivity index (χ2n) is 5.17. The van der Waals surface area contributed by atoms with Crippen LogP contribution in [-0.4, -0.2) is 28.1 Å². The zero-order valence-corrected chi connectivity index (χ0v) is 14.2. The largest absolute Gasteiger partial charge is 0.465 e. The smallest absolute Gasteiger partial charge is 0.314 e. The molecule has 1 aromatic rings. The van der Waals surface area contributed by atoms with Crippen molar-refractivity contribution in [2.75, 3.05) is 12.0 Å². The molecule has 1 N–H and O–H groups in total. The van der Waals surface area contributed by atoms with Crippen LogP contribution >= 0.6 is 0 Å². The molecular formula is C15H20N4O6. The minimum absolute atomic E-state index is 0.00550. The van der Waals surface area contributed by atoms with Gasteiger partial charge in [-0.3, -0.25) is 30.4 Å². The van der Waals surface area contributed by atoms with E-state index in [9.17, 15) is 25.0 Å². The molecule has 0 saturated carbocycles. The van der Waals surface area contributed by atoms with Gasteiger partial charge in [-0.2, -0.15) is 5.10 Å². The van der Waals surface area contributed by atoms with Gasteiger partial charge in [-0.05, 0) is 26.3 Å². The maximum absolute atomic E-state index is 12.0. The number of rotatable bonds is 9. The van der Waals surface area contributed by atoms with E-state index in [1.54, 1.807) is 13.8 Å². The molecule has 0 radical (unpaired) electrons. The zero-order chi connectivity index (χ0) is 19.0. The molecule has 0 spiro atoms. The summed E-state index contributed by atoms with van der Waals surface area (Å²) in [4.78, 5) is 32.3. The molecule has 0 aliphatic carbocycles. The molecule has 0 fully saturated rings. The van der Waals surface area contributed by atoms with E-state index in [4.69, 9.17) is 4.74 Å². The number of benzene rings is 1. The van der Waals surface area contributed by atoms with Gasteiger partial charge in [0.15, 0.2) is 0 Å². The number of hydrogen-bond donors (Lipinski definition) is 1. The van der Waals surface area contributed by atoms with E-state index in [1.165, 1.54) is 6.07 Å². The molecule has 0 unspecified atom stereocenters. The van der Waals surface area contributed by atoms with Gasteiger partial charge in [0.1, 0.15) is 5.69 Å². The standard InChI is InChI=1S/C15H20N4O6/c1-4-6-12(15(20)25-5-2)10(3)16-17-13-8-7-11(18(21)22)9-14(13)19(23)24/h7-9,12,17H,4-6H2,1-3H3/b16-10+/t12-/m0/s1. The van der Waals surface area contributed by atoms with Crippen LogP contribution in [0.5, 0.6) is 0 Å². The summed E-state index contributed by atoms with van der Waals surface area (Å²) in [7, 11) is 0. The van der Waals surface area contributed by atoms with Crippen molar-refractivity contribution < 1.29 is 19.4 Å². The maximum Gasteiger partial charge on any atom is 0.314 e. The number of non-ortho nitro benzene ring substituents is 1. The van der Waals surface area contributed by atoms with Crippen LogP contribution in [-0.2, 0) is 9.53 Å².